The third-order valence-corrected chi connectivity index (χ3v) is 5.35. The minimum absolute atomic E-state index is 0.0269. The first-order chi connectivity index (χ1) is 13.4. The van der Waals surface area contributed by atoms with E-state index in [0.717, 1.165) is 37.3 Å². The predicted octanol–water partition coefficient (Wildman–Crippen LogP) is 3.31. The number of amides is 2. The van der Waals surface area contributed by atoms with Crippen LogP contribution in [0, 0.1) is 6.92 Å². The van der Waals surface area contributed by atoms with E-state index >= 15 is 0 Å². The number of aryl methyl sites for hydroxylation is 1. The van der Waals surface area contributed by atoms with Gasteiger partial charge in [-0.15, -0.1) is 0 Å². The van der Waals surface area contributed by atoms with Gasteiger partial charge in [-0.2, -0.15) is 0 Å². The molecule has 2 amide bonds. The van der Waals surface area contributed by atoms with Crippen LogP contribution in [-0.2, 0) is 4.79 Å². The number of piperidine rings is 1. The van der Waals surface area contributed by atoms with Crippen molar-refractivity contribution in [1.29, 1.82) is 0 Å². The van der Waals surface area contributed by atoms with Crippen molar-refractivity contribution in [3.8, 4) is 0 Å². The fourth-order valence-electron chi connectivity index (χ4n) is 3.44. The second-order valence-electron chi connectivity index (χ2n) is 7.24. The number of likely N-dealkylation sites (tertiary alicyclic amines) is 1. The molecule has 1 atom stereocenters. The normalized spacial score (nSPS) is 16.5. The first-order valence-corrected chi connectivity index (χ1v) is 9.93. The van der Waals surface area contributed by atoms with Gasteiger partial charge in [0.15, 0.2) is 5.76 Å². The molecule has 28 heavy (non-hydrogen) atoms. The first kappa shape index (κ1) is 20.4. The van der Waals surface area contributed by atoms with Gasteiger partial charge >= 0.3 is 0 Å². The number of hydrogen-bond donors (Lipinski definition) is 2. The summed E-state index contributed by atoms with van der Waals surface area (Å²) in [5.74, 6) is 0.851. The van der Waals surface area contributed by atoms with Crippen LogP contribution in [0.25, 0.3) is 0 Å². The maximum Gasteiger partial charge on any atom is 0.287 e. The van der Waals surface area contributed by atoms with E-state index in [9.17, 15) is 9.59 Å². The van der Waals surface area contributed by atoms with E-state index in [-0.39, 0.29) is 23.9 Å². The topological polar surface area (TPSA) is 74.6 Å². The fourth-order valence-corrected chi connectivity index (χ4v) is 3.74. The van der Waals surface area contributed by atoms with Crippen LogP contribution in [0.2, 0.25) is 5.02 Å². The van der Waals surface area contributed by atoms with Gasteiger partial charge in [0.2, 0.25) is 5.91 Å². The van der Waals surface area contributed by atoms with Gasteiger partial charge in [0, 0.05) is 24.2 Å². The second kappa shape index (κ2) is 9.26. The van der Waals surface area contributed by atoms with Crippen LogP contribution in [0.1, 0.15) is 47.7 Å². The Hall–Kier alpha value is -2.31. The number of nitrogens with one attached hydrogen (secondary N) is 2. The van der Waals surface area contributed by atoms with Crippen LogP contribution in [0.15, 0.2) is 40.8 Å². The third-order valence-electron chi connectivity index (χ3n) is 5.00. The standard InChI is InChI=1S/C21H26ClN3O3/c1-14-7-8-19(28-14)21(27)24-16-9-11-25(12-10-16)13-20(26)23-15(2)17-5-3-4-6-18(17)22/h3-8,15-16H,9-13H2,1-2H3,(H,23,26)(H,24,27). The number of hydrogen-bond acceptors (Lipinski definition) is 4. The Labute approximate surface area is 170 Å². The Kier molecular flexibility index (Phi) is 6.75. The van der Waals surface area contributed by atoms with E-state index in [2.05, 4.69) is 15.5 Å². The molecule has 1 aromatic heterocycles. The van der Waals surface area contributed by atoms with Crippen LogP contribution in [0.4, 0.5) is 0 Å². The van der Waals surface area contributed by atoms with Crippen molar-refractivity contribution in [2.24, 2.45) is 0 Å². The number of benzene rings is 1. The highest BCUT2D eigenvalue weighted by molar-refractivity contribution is 6.31. The second-order valence-corrected chi connectivity index (χ2v) is 7.65. The highest BCUT2D eigenvalue weighted by Crippen LogP contribution is 2.22. The van der Waals surface area contributed by atoms with Crippen LogP contribution in [-0.4, -0.2) is 42.4 Å². The average Bonchev–Trinajstić information content (AvgIpc) is 3.10. The minimum Gasteiger partial charge on any atom is -0.456 e. The summed E-state index contributed by atoms with van der Waals surface area (Å²) in [5, 5.41) is 6.66. The zero-order valence-corrected chi connectivity index (χ0v) is 17.0. The van der Waals surface area contributed by atoms with Gasteiger partial charge in [-0.05, 0) is 50.5 Å². The molecule has 0 radical (unpaired) electrons. The summed E-state index contributed by atoms with van der Waals surface area (Å²) >= 11 is 6.19. The molecule has 1 fully saturated rings. The quantitative estimate of drug-likeness (QED) is 0.775. The van der Waals surface area contributed by atoms with Crippen LogP contribution in [0.3, 0.4) is 0 Å². The van der Waals surface area contributed by atoms with Gasteiger partial charge in [0.1, 0.15) is 5.76 Å². The molecule has 2 N–H and O–H groups in total. The van der Waals surface area contributed by atoms with Crippen LogP contribution in [0.5, 0.6) is 0 Å². The lowest BCUT2D eigenvalue weighted by atomic mass is 10.0. The van der Waals surface area contributed by atoms with Gasteiger partial charge in [-0.1, -0.05) is 29.8 Å². The zero-order chi connectivity index (χ0) is 20.1. The molecule has 0 saturated carbocycles. The van der Waals surface area contributed by atoms with Crippen molar-refractivity contribution in [2.75, 3.05) is 19.6 Å². The van der Waals surface area contributed by atoms with Crippen molar-refractivity contribution in [1.82, 2.24) is 15.5 Å². The molecule has 2 aromatic rings. The van der Waals surface area contributed by atoms with Gasteiger partial charge in [-0.3, -0.25) is 14.5 Å². The monoisotopic (exact) mass is 403 g/mol. The van der Waals surface area contributed by atoms with Crippen molar-refractivity contribution < 1.29 is 14.0 Å². The summed E-state index contributed by atoms with van der Waals surface area (Å²) < 4.78 is 5.36. The van der Waals surface area contributed by atoms with E-state index in [1.54, 1.807) is 12.1 Å². The van der Waals surface area contributed by atoms with Gasteiger partial charge in [-0.25, -0.2) is 0 Å². The highest BCUT2D eigenvalue weighted by Gasteiger charge is 2.24. The molecule has 1 aliphatic heterocycles. The minimum atomic E-state index is -0.183. The Balaban J connectivity index is 1.42. The van der Waals surface area contributed by atoms with E-state index in [4.69, 9.17) is 16.0 Å². The lowest BCUT2D eigenvalue weighted by Gasteiger charge is -2.32. The third kappa shape index (κ3) is 5.36. The molecule has 3 rings (SSSR count). The fraction of sp³-hybridized carbons (Fsp3) is 0.429. The van der Waals surface area contributed by atoms with Crippen molar-refractivity contribution in [3.05, 3.63) is 58.5 Å². The van der Waals surface area contributed by atoms with E-state index in [1.807, 2.05) is 38.1 Å². The summed E-state index contributed by atoms with van der Waals surface area (Å²) in [5.41, 5.74) is 0.909. The van der Waals surface area contributed by atoms with Crippen LogP contribution >= 0.6 is 11.6 Å². The number of carbonyl (C=O) groups is 2. The number of furan rings is 1. The molecular weight excluding hydrogens is 378 g/mol. The Morgan fingerprint density at radius 1 is 1.21 bits per heavy atom. The lowest BCUT2D eigenvalue weighted by molar-refractivity contribution is -0.123. The van der Waals surface area contributed by atoms with Crippen molar-refractivity contribution in [2.45, 2.75) is 38.8 Å². The highest BCUT2D eigenvalue weighted by atomic mass is 35.5. The first-order valence-electron chi connectivity index (χ1n) is 9.56. The van der Waals surface area contributed by atoms with Gasteiger partial charge in [0.25, 0.3) is 5.91 Å². The summed E-state index contributed by atoms with van der Waals surface area (Å²) in [6, 6.07) is 10.9. The largest absolute Gasteiger partial charge is 0.456 e. The molecule has 1 saturated heterocycles. The molecule has 0 bridgehead atoms. The molecule has 1 unspecified atom stereocenters. The Morgan fingerprint density at radius 3 is 2.57 bits per heavy atom. The number of carbonyl (C=O) groups excluding carboxylic acids is 2. The van der Waals surface area contributed by atoms with Gasteiger partial charge < -0.3 is 15.1 Å². The number of halogens is 1. The molecule has 0 aliphatic carbocycles. The molecular formula is C21H26ClN3O3. The number of rotatable bonds is 6. The van der Waals surface area contributed by atoms with Crippen molar-refractivity contribution in [3.63, 3.8) is 0 Å². The number of nitrogens with zero attached hydrogens (tertiary/aromatic N) is 1. The smallest absolute Gasteiger partial charge is 0.287 e. The van der Waals surface area contributed by atoms with Crippen LogP contribution < -0.4 is 10.6 Å². The van der Waals surface area contributed by atoms with Gasteiger partial charge in [0.05, 0.1) is 12.6 Å². The van der Waals surface area contributed by atoms with Crippen molar-refractivity contribution >= 4 is 23.4 Å². The average molecular weight is 404 g/mol. The molecule has 0 spiro atoms. The molecule has 6 nitrogen and oxygen atoms in total. The molecule has 1 aromatic carbocycles. The summed E-state index contributed by atoms with van der Waals surface area (Å²) in [7, 11) is 0. The molecule has 150 valence electrons. The van der Waals surface area contributed by atoms with E-state index in [1.165, 1.54) is 0 Å². The zero-order valence-electron chi connectivity index (χ0n) is 16.2. The summed E-state index contributed by atoms with van der Waals surface area (Å²) in [6.07, 6.45) is 1.61. The molecule has 7 heteroatoms. The Morgan fingerprint density at radius 2 is 1.93 bits per heavy atom. The Bertz CT molecular complexity index is 828. The summed E-state index contributed by atoms with van der Waals surface area (Å²) in [4.78, 5) is 26.7. The van der Waals surface area contributed by atoms with E-state index in [0.29, 0.717) is 17.3 Å². The summed E-state index contributed by atoms with van der Waals surface area (Å²) in [6.45, 7) is 5.60. The molecule has 2 heterocycles. The predicted molar refractivity (Wildman–Crippen MR) is 108 cm³/mol. The SMILES string of the molecule is Cc1ccc(C(=O)NC2CCN(CC(=O)NC(C)c3ccccc3Cl)CC2)o1. The lowest BCUT2D eigenvalue weighted by Crippen LogP contribution is -2.47. The maximum absolute atomic E-state index is 12.4. The van der Waals surface area contributed by atoms with E-state index < -0.39 is 0 Å². The molecule has 1 aliphatic rings. The maximum atomic E-state index is 12.4.